The third kappa shape index (κ3) is 4.25. The fraction of sp³-hybridized carbons (Fsp3) is 0.917. The zero-order valence-electron chi connectivity index (χ0n) is 10.4. The Hall–Kier alpha value is -0.0900. The van der Waals surface area contributed by atoms with Crippen LogP contribution < -0.4 is 0 Å². The number of alkyl halides is 1. The lowest BCUT2D eigenvalue weighted by molar-refractivity contribution is -0.118. The first-order valence-electron chi connectivity index (χ1n) is 6.07. The fourth-order valence-electron chi connectivity index (χ4n) is 2.39. The molecule has 1 saturated carbocycles. The van der Waals surface area contributed by atoms with Crippen LogP contribution in [0.3, 0.4) is 0 Å². The summed E-state index contributed by atoms with van der Waals surface area (Å²) < 4.78 is 0.193. The van der Waals surface area contributed by atoms with Crippen molar-refractivity contribution in [3.8, 4) is 0 Å². The Bertz CT molecular complexity index is 288. The molecule has 0 aromatic rings. The molecule has 1 amide bonds. The molecule has 1 fully saturated rings. The molecular formula is C12H20ClNO2S. The molecule has 0 N–H and O–H groups in total. The van der Waals surface area contributed by atoms with Crippen LogP contribution in [0.25, 0.3) is 0 Å². The van der Waals surface area contributed by atoms with Crippen molar-refractivity contribution in [2.45, 2.75) is 55.6 Å². The predicted molar refractivity (Wildman–Crippen MR) is 73.6 cm³/mol. The summed E-state index contributed by atoms with van der Waals surface area (Å²) in [4.78, 5) is 20.7. The number of hydrogen-bond donors (Lipinski definition) is 0. The summed E-state index contributed by atoms with van der Waals surface area (Å²) in [6, 6.07) is 0. The molecule has 0 bridgehead atoms. The summed E-state index contributed by atoms with van der Waals surface area (Å²) in [6.07, 6.45) is 7.46. The van der Waals surface area contributed by atoms with Gasteiger partial charge in [-0.3, -0.25) is 4.79 Å². The summed E-state index contributed by atoms with van der Waals surface area (Å²) >= 11 is 8.28. The van der Waals surface area contributed by atoms with Crippen molar-refractivity contribution < 1.29 is 4.79 Å². The van der Waals surface area contributed by atoms with Gasteiger partial charge in [0.1, 0.15) is 0 Å². The molecule has 1 aliphatic carbocycles. The minimum Gasteiger partial charge on any atom is -0.269 e. The van der Waals surface area contributed by atoms with Gasteiger partial charge in [-0.2, -0.15) is 11.8 Å². The number of nitrogens with zero attached hydrogens (tertiary/aromatic N) is 1. The van der Waals surface area contributed by atoms with E-state index in [2.05, 4.69) is 18.4 Å². The van der Waals surface area contributed by atoms with Gasteiger partial charge >= 0.3 is 0 Å². The smallest absolute Gasteiger partial charge is 0.269 e. The molecule has 1 aliphatic rings. The second kappa shape index (κ2) is 6.74. The minimum absolute atomic E-state index is 0.193. The van der Waals surface area contributed by atoms with Gasteiger partial charge in [0.25, 0.3) is 5.91 Å². The van der Waals surface area contributed by atoms with Crippen molar-refractivity contribution >= 4 is 29.3 Å². The van der Waals surface area contributed by atoms with Crippen LogP contribution in [-0.4, -0.2) is 22.3 Å². The van der Waals surface area contributed by atoms with Crippen molar-refractivity contribution in [1.82, 2.24) is 0 Å². The Kier molecular flexibility index (Phi) is 5.93. The van der Waals surface area contributed by atoms with E-state index in [1.54, 1.807) is 0 Å². The maximum absolute atomic E-state index is 10.8. The molecule has 17 heavy (non-hydrogen) atoms. The number of hydrogen-bond acceptors (Lipinski definition) is 3. The van der Waals surface area contributed by atoms with Crippen LogP contribution in [-0.2, 0) is 4.79 Å². The fourth-order valence-corrected chi connectivity index (χ4v) is 3.69. The number of nitroso groups, excluding NO2 is 1. The highest BCUT2D eigenvalue weighted by molar-refractivity contribution is 8.00. The molecule has 0 aromatic carbocycles. The van der Waals surface area contributed by atoms with E-state index in [-0.39, 0.29) is 16.5 Å². The first-order valence-corrected chi connectivity index (χ1v) is 7.73. The molecule has 0 saturated heterocycles. The molecule has 0 spiro atoms. The van der Waals surface area contributed by atoms with Gasteiger partial charge in [-0.15, -0.1) is 16.5 Å². The van der Waals surface area contributed by atoms with Crippen molar-refractivity contribution in [3.63, 3.8) is 0 Å². The number of halogens is 1. The standard InChI is InChI=1S/C12H20ClNO2S/c1-12(17-2)7-6-9(8-10(12)13)4-3-5-11(15)14-16/h9-10H,3-8H2,1-2H3. The highest BCUT2D eigenvalue weighted by atomic mass is 35.5. The van der Waals surface area contributed by atoms with Crippen molar-refractivity contribution in [2.75, 3.05) is 6.26 Å². The quantitative estimate of drug-likeness (QED) is 0.564. The summed E-state index contributed by atoms with van der Waals surface area (Å²) in [7, 11) is 0. The monoisotopic (exact) mass is 277 g/mol. The molecular weight excluding hydrogens is 258 g/mol. The van der Waals surface area contributed by atoms with Gasteiger partial charge in [-0.1, -0.05) is 0 Å². The van der Waals surface area contributed by atoms with E-state index in [0.717, 1.165) is 25.7 Å². The molecule has 3 atom stereocenters. The molecule has 3 unspecified atom stereocenters. The minimum atomic E-state index is -0.530. The van der Waals surface area contributed by atoms with Crippen molar-refractivity contribution in [2.24, 2.45) is 11.1 Å². The first-order chi connectivity index (χ1) is 8.01. The highest BCUT2D eigenvalue weighted by Gasteiger charge is 2.37. The molecule has 98 valence electrons. The third-order valence-electron chi connectivity index (χ3n) is 3.82. The molecule has 0 aliphatic heterocycles. The van der Waals surface area contributed by atoms with E-state index in [0.29, 0.717) is 5.92 Å². The number of carbonyl (C=O) groups is 1. The summed E-state index contributed by atoms with van der Waals surface area (Å²) in [5.74, 6) is 0.0642. The van der Waals surface area contributed by atoms with Gasteiger partial charge in [-0.05, 0) is 51.2 Å². The van der Waals surface area contributed by atoms with Gasteiger partial charge in [0, 0.05) is 21.7 Å². The Morgan fingerprint density at radius 2 is 2.29 bits per heavy atom. The van der Waals surface area contributed by atoms with Gasteiger partial charge in [-0.25, -0.2) is 0 Å². The van der Waals surface area contributed by atoms with Crippen LogP contribution in [0.15, 0.2) is 5.18 Å². The normalized spacial score (nSPS) is 33.4. The van der Waals surface area contributed by atoms with Gasteiger partial charge in [0.05, 0.1) is 0 Å². The van der Waals surface area contributed by atoms with Gasteiger partial charge in [0.15, 0.2) is 0 Å². The zero-order valence-corrected chi connectivity index (χ0v) is 12.0. The lowest BCUT2D eigenvalue weighted by Gasteiger charge is -2.40. The van der Waals surface area contributed by atoms with Crippen LogP contribution in [0.2, 0.25) is 0 Å². The lowest BCUT2D eigenvalue weighted by atomic mass is 9.79. The van der Waals surface area contributed by atoms with E-state index in [9.17, 15) is 9.70 Å². The topological polar surface area (TPSA) is 46.5 Å². The second-order valence-corrected chi connectivity index (χ2v) is 6.87. The van der Waals surface area contributed by atoms with Gasteiger partial charge in [0.2, 0.25) is 0 Å². The Morgan fingerprint density at radius 1 is 1.59 bits per heavy atom. The van der Waals surface area contributed by atoms with Crippen LogP contribution in [0.4, 0.5) is 0 Å². The highest BCUT2D eigenvalue weighted by Crippen LogP contribution is 2.44. The van der Waals surface area contributed by atoms with Crippen LogP contribution in [0, 0.1) is 10.8 Å². The maximum atomic E-state index is 10.8. The van der Waals surface area contributed by atoms with Crippen molar-refractivity contribution in [1.29, 1.82) is 0 Å². The van der Waals surface area contributed by atoms with E-state index in [1.807, 2.05) is 11.8 Å². The van der Waals surface area contributed by atoms with E-state index >= 15 is 0 Å². The number of rotatable bonds is 5. The summed E-state index contributed by atoms with van der Waals surface area (Å²) in [5, 5.41) is 2.61. The molecule has 0 aromatic heterocycles. The third-order valence-corrected chi connectivity index (χ3v) is 6.03. The number of thioether (sulfide) groups is 1. The summed E-state index contributed by atoms with van der Waals surface area (Å²) in [6.45, 7) is 2.23. The Morgan fingerprint density at radius 3 is 2.82 bits per heavy atom. The van der Waals surface area contributed by atoms with Crippen molar-refractivity contribution in [3.05, 3.63) is 4.91 Å². The second-order valence-electron chi connectivity index (χ2n) is 5.00. The Labute approximate surface area is 112 Å². The molecule has 1 rings (SSSR count). The van der Waals surface area contributed by atoms with E-state index in [1.165, 1.54) is 6.42 Å². The number of carbonyl (C=O) groups excluding carboxylic acids is 1. The lowest BCUT2D eigenvalue weighted by Crippen LogP contribution is -2.38. The molecule has 5 heteroatoms. The van der Waals surface area contributed by atoms with E-state index < -0.39 is 5.91 Å². The largest absolute Gasteiger partial charge is 0.286 e. The maximum Gasteiger partial charge on any atom is 0.286 e. The van der Waals surface area contributed by atoms with Crippen LogP contribution >= 0.6 is 23.4 Å². The van der Waals surface area contributed by atoms with Crippen LogP contribution in [0.1, 0.15) is 45.4 Å². The van der Waals surface area contributed by atoms with Crippen LogP contribution in [0.5, 0.6) is 0 Å². The SMILES string of the molecule is CSC1(C)CCC(CCCC(=O)N=O)CC1Cl. The zero-order chi connectivity index (χ0) is 12.9. The van der Waals surface area contributed by atoms with Gasteiger partial charge < -0.3 is 0 Å². The predicted octanol–water partition coefficient (Wildman–Crippen LogP) is 3.98. The first kappa shape index (κ1) is 15.0. The molecule has 3 nitrogen and oxygen atoms in total. The average Bonchev–Trinajstić information content (AvgIpc) is 2.33. The number of amides is 1. The Balaban J connectivity index is 2.30. The molecule has 0 heterocycles. The average molecular weight is 278 g/mol. The van der Waals surface area contributed by atoms with E-state index in [4.69, 9.17) is 11.6 Å². The molecule has 0 radical (unpaired) electrons. The summed E-state index contributed by atoms with van der Waals surface area (Å²) in [5.41, 5.74) is 0.